The van der Waals surface area contributed by atoms with Crippen molar-refractivity contribution < 1.29 is 0 Å². The standard InChI is InChI=1S/C34H71N/c1-13-17-18-32(22-20-25(5)14-2)31(11)30(10)28(8)21-19-26(6)23-34(27(7)15-3)29(9)24-33(16-4)35-12/h25-35H,13-24H2,1-12H3. The summed E-state index contributed by atoms with van der Waals surface area (Å²) in [7, 11) is 2.14. The molecule has 0 heterocycles. The van der Waals surface area contributed by atoms with Gasteiger partial charge < -0.3 is 5.32 Å². The van der Waals surface area contributed by atoms with Crippen molar-refractivity contribution in [2.45, 2.75) is 159 Å². The van der Waals surface area contributed by atoms with E-state index in [0.29, 0.717) is 6.04 Å². The number of hydrogen-bond donors (Lipinski definition) is 1. The minimum Gasteiger partial charge on any atom is -0.317 e. The lowest BCUT2D eigenvalue weighted by Gasteiger charge is -2.35. The second-order valence-electron chi connectivity index (χ2n) is 13.3. The highest BCUT2D eigenvalue weighted by molar-refractivity contribution is 4.80. The van der Waals surface area contributed by atoms with Crippen LogP contribution in [0.1, 0.15) is 153 Å². The first-order chi connectivity index (χ1) is 16.6. The maximum atomic E-state index is 3.55. The second-order valence-corrected chi connectivity index (χ2v) is 13.3. The Bertz CT molecular complexity index is 469. The molecule has 212 valence electrons. The molecule has 1 nitrogen and oxygen atoms in total. The zero-order chi connectivity index (χ0) is 27.0. The van der Waals surface area contributed by atoms with Crippen LogP contribution in [-0.2, 0) is 0 Å². The molecule has 10 unspecified atom stereocenters. The third kappa shape index (κ3) is 13.9. The first kappa shape index (κ1) is 35.0. The highest BCUT2D eigenvalue weighted by atomic mass is 14.9. The monoisotopic (exact) mass is 494 g/mol. The number of unbranched alkanes of at least 4 members (excludes halogenated alkanes) is 1. The largest absolute Gasteiger partial charge is 0.317 e. The summed E-state index contributed by atoms with van der Waals surface area (Å²) in [5, 5.41) is 3.55. The smallest absolute Gasteiger partial charge is 0.00640 e. The molecule has 0 amide bonds. The van der Waals surface area contributed by atoms with Gasteiger partial charge in [0, 0.05) is 6.04 Å². The molecule has 1 N–H and O–H groups in total. The molecule has 0 saturated carbocycles. The first-order valence-electron chi connectivity index (χ1n) is 16.2. The van der Waals surface area contributed by atoms with Gasteiger partial charge in [0.25, 0.3) is 0 Å². The molecule has 0 aromatic rings. The van der Waals surface area contributed by atoms with Gasteiger partial charge in [0.05, 0.1) is 0 Å². The summed E-state index contributed by atoms with van der Waals surface area (Å²) in [6.07, 6.45) is 16.5. The van der Waals surface area contributed by atoms with Crippen molar-refractivity contribution in [2.24, 2.45) is 53.3 Å². The Morgan fingerprint density at radius 3 is 1.69 bits per heavy atom. The summed E-state index contributed by atoms with van der Waals surface area (Å²) >= 11 is 0. The molecular weight excluding hydrogens is 422 g/mol. The van der Waals surface area contributed by atoms with Crippen LogP contribution in [0.25, 0.3) is 0 Å². The average Bonchev–Trinajstić information content (AvgIpc) is 2.87. The quantitative estimate of drug-likeness (QED) is 0.158. The summed E-state index contributed by atoms with van der Waals surface area (Å²) in [5.74, 6) is 7.71. The lowest BCUT2D eigenvalue weighted by atomic mass is 9.71. The molecule has 35 heavy (non-hydrogen) atoms. The molecule has 0 rings (SSSR count). The van der Waals surface area contributed by atoms with E-state index in [4.69, 9.17) is 0 Å². The van der Waals surface area contributed by atoms with Crippen LogP contribution in [0.3, 0.4) is 0 Å². The van der Waals surface area contributed by atoms with Gasteiger partial charge >= 0.3 is 0 Å². The molecule has 0 spiro atoms. The molecule has 0 fully saturated rings. The van der Waals surface area contributed by atoms with Crippen LogP contribution in [0.15, 0.2) is 0 Å². The Labute approximate surface area is 224 Å². The van der Waals surface area contributed by atoms with Crippen LogP contribution in [-0.4, -0.2) is 13.1 Å². The lowest BCUT2D eigenvalue weighted by Crippen LogP contribution is -2.31. The van der Waals surface area contributed by atoms with Gasteiger partial charge in [-0.25, -0.2) is 0 Å². The van der Waals surface area contributed by atoms with Gasteiger partial charge in [-0.05, 0) is 86.0 Å². The van der Waals surface area contributed by atoms with E-state index in [2.05, 4.69) is 88.5 Å². The Morgan fingerprint density at radius 2 is 1.17 bits per heavy atom. The van der Waals surface area contributed by atoms with Crippen molar-refractivity contribution >= 4 is 0 Å². The van der Waals surface area contributed by atoms with Crippen molar-refractivity contribution in [3.8, 4) is 0 Å². The van der Waals surface area contributed by atoms with E-state index < -0.39 is 0 Å². The molecule has 0 bridgehead atoms. The zero-order valence-corrected chi connectivity index (χ0v) is 26.8. The van der Waals surface area contributed by atoms with Gasteiger partial charge in [0.15, 0.2) is 0 Å². The Hall–Kier alpha value is -0.0400. The summed E-state index contributed by atoms with van der Waals surface area (Å²) in [5.41, 5.74) is 0. The highest BCUT2D eigenvalue weighted by Gasteiger charge is 2.29. The van der Waals surface area contributed by atoms with Crippen LogP contribution < -0.4 is 5.32 Å². The number of hydrogen-bond acceptors (Lipinski definition) is 1. The maximum Gasteiger partial charge on any atom is 0.00640 e. The van der Waals surface area contributed by atoms with Crippen molar-refractivity contribution in [3.05, 3.63) is 0 Å². The predicted octanol–water partition coefficient (Wildman–Crippen LogP) is 11.0. The Balaban J connectivity index is 4.94. The lowest BCUT2D eigenvalue weighted by molar-refractivity contribution is 0.153. The molecule has 1 heteroatoms. The fourth-order valence-corrected chi connectivity index (χ4v) is 6.62. The van der Waals surface area contributed by atoms with Gasteiger partial charge in [0.2, 0.25) is 0 Å². The van der Waals surface area contributed by atoms with Crippen molar-refractivity contribution in [3.63, 3.8) is 0 Å². The molecule has 0 aliphatic carbocycles. The van der Waals surface area contributed by atoms with Crippen LogP contribution in [0, 0.1) is 53.3 Å². The second kappa shape index (κ2) is 20.0. The molecule has 0 aromatic carbocycles. The summed E-state index contributed by atoms with van der Waals surface area (Å²) in [6, 6.07) is 0.676. The molecule has 0 radical (unpaired) electrons. The fourth-order valence-electron chi connectivity index (χ4n) is 6.62. The number of rotatable bonds is 22. The summed E-state index contributed by atoms with van der Waals surface area (Å²) in [6.45, 7) is 27.2. The average molecular weight is 494 g/mol. The van der Waals surface area contributed by atoms with E-state index in [1.807, 2.05) is 0 Å². The Kier molecular flexibility index (Phi) is 20.0. The van der Waals surface area contributed by atoms with Crippen LogP contribution in [0.5, 0.6) is 0 Å². The molecule has 0 saturated heterocycles. The first-order valence-corrected chi connectivity index (χ1v) is 16.2. The third-order valence-corrected chi connectivity index (χ3v) is 10.6. The minimum absolute atomic E-state index is 0.676. The van der Waals surface area contributed by atoms with Gasteiger partial charge in [-0.1, -0.05) is 128 Å². The van der Waals surface area contributed by atoms with E-state index in [0.717, 1.165) is 53.3 Å². The molecule has 10 atom stereocenters. The van der Waals surface area contributed by atoms with E-state index in [9.17, 15) is 0 Å². The van der Waals surface area contributed by atoms with Crippen molar-refractivity contribution in [1.82, 2.24) is 5.32 Å². The highest BCUT2D eigenvalue weighted by Crippen LogP contribution is 2.38. The van der Waals surface area contributed by atoms with Crippen LogP contribution in [0.4, 0.5) is 0 Å². The van der Waals surface area contributed by atoms with Crippen molar-refractivity contribution in [1.29, 1.82) is 0 Å². The molecule has 0 aliphatic rings. The van der Waals surface area contributed by atoms with Crippen LogP contribution in [0.2, 0.25) is 0 Å². The van der Waals surface area contributed by atoms with E-state index in [-0.39, 0.29) is 0 Å². The van der Waals surface area contributed by atoms with Gasteiger partial charge in [-0.3, -0.25) is 0 Å². The van der Waals surface area contributed by atoms with Gasteiger partial charge in [-0.2, -0.15) is 0 Å². The maximum absolute atomic E-state index is 3.55. The topological polar surface area (TPSA) is 12.0 Å². The van der Waals surface area contributed by atoms with E-state index >= 15 is 0 Å². The fraction of sp³-hybridized carbons (Fsp3) is 1.00. The minimum atomic E-state index is 0.676. The van der Waals surface area contributed by atoms with Gasteiger partial charge in [0.1, 0.15) is 0 Å². The van der Waals surface area contributed by atoms with Crippen molar-refractivity contribution in [2.75, 3.05) is 7.05 Å². The zero-order valence-electron chi connectivity index (χ0n) is 26.8. The number of nitrogens with one attached hydrogen (secondary N) is 1. The summed E-state index contributed by atoms with van der Waals surface area (Å²) < 4.78 is 0. The predicted molar refractivity (Wildman–Crippen MR) is 162 cm³/mol. The molecule has 0 aromatic heterocycles. The van der Waals surface area contributed by atoms with E-state index in [1.165, 1.54) is 77.0 Å². The normalized spacial score (nSPS) is 20.9. The van der Waals surface area contributed by atoms with Gasteiger partial charge in [-0.15, -0.1) is 0 Å². The Morgan fingerprint density at radius 1 is 0.543 bits per heavy atom. The third-order valence-electron chi connectivity index (χ3n) is 10.6. The summed E-state index contributed by atoms with van der Waals surface area (Å²) in [4.78, 5) is 0. The van der Waals surface area contributed by atoms with E-state index in [1.54, 1.807) is 0 Å². The molecular formula is C34H71N. The molecule has 0 aliphatic heterocycles. The SMILES string of the molecule is CCCCC(CCC(C)CC)C(C)C(C)C(C)CCC(C)CC(C(C)CC)C(C)CC(CC)NC. The van der Waals surface area contributed by atoms with Crippen LogP contribution >= 0.6 is 0 Å².